The van der Waals surface area contributed by atoms with Crippen LogP contribution in [0.3, 0.4) is 0 Å². The van der Waals surface area contributed by atoms with E-state index in [0.29, 0.717) is 5.92 Å². The van der Waals surface area contributed by atoms with Crippen LogP contribution >= 0.6 is 0 Å². The monoisotopic (exact) mass is 483 g/mol. The molecule has 0 saturated carbocycles. The predicted molar refractivity (Wildman–Crippen MR) is 152 cm³/mol. The van der Waals surface area contributed by atoms with E-state index in [1.807, 2.05) is 25.3 Å². The highest BCUT2D eigenvalue weighted by molar-refractivity contribution is 6.11. The van der Waals surface area contributed by atoms with E-state index in [2.05, 4.69) is 72.8 Å². The van der Waals surface area contributed by atoms with Crippen molar-refractivity contribution >= 4 is 17.4 Å². The Bertz CT molecular complexity index is 981. The van der Waals surface area contributed by atoms with E-state index in [9.17, 15) is 8.78 Å². The van der Waals surface area contributed by atoms with Crippen LogP contribution in [0.25, 0.3) is 11.1 Å². The number of alkyl halides is 2. The van der Waals surface area contributed by atoms with Gasteiger partial charge in [0, 0.05) is 18.7 Å². The quantitative estimate of drug-likeness (QED) is 0.207. The molecule has 3 heteroatoms. The third-order valence-electron chi connectivity index (χ3n) is 6.76. The zero-order chi connectivity index (χ0) is 26.8. The second kappa shape index (κ2) is 13.7. The average Bonchev–Trinajstić information content (AvgIpc) is 2.79. The summed E-state index contributed by atoms with van der Waals surface area (Å²) in [6, 6.07) is 6.20. The Kier molecular flexibility index (Phi) is 12.0. The Hall–Kier alpha value is -2.29. The number of halogens is 2. The summed E-state index contributed by atoms with van der Waals surface area (Å²) in [5, 5.41) is 0. The van der Waals surface area contributed by atoms with Crippen LogP contribution in [0, 0.1) is 12.8 Å². The maximum atomic E-state index is 13.9. The molecule has 0 aliphatic heterocycles. The van der Waals surface area contributed by atoms with Crippen molar-refractivity contribution in [1.29, 1.82) is 0 Å². The minimum absolute atomic E-state index is 0.0523. The summed E-state index contributed by atoms with van der Waals surface area (Å²) < 4.78 is 27.7. The van der Waals surface area contributed by atoms with Crippen LogP contribution < -0.4 is 0 Å². The van der Waals surface area contributed by atoms with Gasteiger partial charge in [0.25, 0.3) is 5.92 Å². The van der Waals surface area contributed by atoms with Gasteiger partial charge in [0.1, 0.15) is 0 Å². The SMILES string of the molecule is C/C=C(\C=C(/C)C(C)(F)F)c1ccc(C)c(/C(C=NC(C)(C)CC)=C/C(=C/CC)CC(C)CC)c1. The number of aryl methyl sites for hydroxylation is 1. The van der Waals surface area contributed by atoms with Crippen molar-refractivity contribution in [3.63, 3.8) is 0 Å². The number of benzene rings is 1. The fourth-order valence-electron chi connectivity index (χ4n) is 3.54. The van der Waals surface area contributed by atoms with E-state index in [1.54, 1.807) is 6.08 Å². The van der Waals surface area contributed by atoms with Crippen LogP contribution in [-0.4, -0.2) is 17.7 Å². The maximum absolute atomic E-state index is 13.9. The molecule has 1 atom stereocenters. The lowest BCUT2D eigenvalue weighted by molar-refractivity contribution is 0.0636. The summed E-state index contributed by atoms with van der Waals surface area (Å²) in [5.41, 5.74) is 6.21. The molecule has 0 saturated heterocycles. The molecular weight excluding hydrogens is 436 g/mol. The molecule has 1 aromatic rings. The normalized spacial score (nSPS) is 15.8. The van der Waals surface area contributed by atoms with Gasteiger partial charge < -0.3 is 0 Å². The van der Waals surface area contributed by atoms with Crippen molar-refractivity contribution < 1.29 is 8.78 Å². The fraction of sp³-hybridized carbons (Fsp3) is 0.531. The van der Waals surface area contributed by atoms with E-state index in [1.165, 1.54) is 12.5 Å². The van der Waals surface area contributed by atoms with Gasteiger partial charge in [0.2, 0.25) is 0 Å². The molecule has 0 aromatic heterocycles. The molecule has 0 heterocycles. The van der Waals surface area contributed by atoms with E-state index in [0.717, 1.165) is 60.4 Å². The van der Waals surface area contributed by atoms with Gasteiger partial charge in [-0.3, -0.25) is 4.99 Å². The number of rotatable bonds is 12. The van der Waals surface area contributed by atoms with Crippen molar-refractivity contribution in [3.8, 4) is 0 Å². The maximum Gasteiger partial charge on any atom is 0.266 e. The van der Waals surface area contributed by atoms with Crippen LogP contribution in [-0.2, 0) is 0 Å². The number of allylic oxidation sites excluding steroid dienone is 8. The molecule has 0 N–H and O–H groups in total. The molecule has 1 aromatic carbocycles. The lowest BCUT2D eigenvalue weighted by Gasteiger charge is -2.18. The van der Waals surface area contributed by atoms with Crippen molar-refractivity contribution in [2.24, 2.45) is 10.9 Å². The molecule has 1 rings (SSSR count). The molecule has 0 fully saturated rings. The zero-order valence-electron chi connectivity index (χ0n) is 23.7. The first-order valence-corrected chi connectivity index (χ1v) is 13.1. The molecule has 0 spiro atoms. The smallest absolute Gasteiger partial charge is 0.266 e. The standard InChI is InChI=1S/C32H47F2N/c1-11-15-26(18-23(5)12-2)20-29(22-35-31(8,9)14-4)30-21-28(17-16-24(30)6)27(13-3)19-25(7)32(10,33)34/h13,15-17,19-23H,11-12,14,18H2,1-10H3/b25-19+,26-15+,27-13+,29-20+,35-22?. The van der Waals surface area contributed by atoms with Gasteiger partial charge in [-0.05, 0) is 106 Å². The highest BCUT2D eigenvalue weighted by atomic mass is 19.3. The van der Waals surface area contributed by atoms with E-state index in [-0.39, 0.29) is 11.1 Å². The van der Waals surface area contributed by atoms with E-state index >= 15 is 0 Å². The minimum atomic E-state index is -2.85. The van der Waals surface area contributed by atoms with Crippen molar-refractivity contribution in [1.82, 2.24) is 0 Å². The highest BCUT2D eigenvalue weighted by Gasteiger charge is 2.24. The number of nitrogens with zero attached hydrogens (tertiary/aromatic N) is 1. The van der Waals surface area contributed by atoms with Crippen molar-refractivity contribution in [3.05, 3.63) is 70.3 Å². The van der Waals surface area contributed by atoms with Crippen molar-refractivity contribution in [2.45, 2.75) is 106 Å². The van der Waals surface area contributed by atoms with E-state index in [4.69, 9.17) is 4.99 Å². The van der Waals surface area contributed by atoms with Gasteiger partial charge in [0.05, 0.1) is 5.54 Å². The molecule has 0 bridgehead atoms. The third kappa shape index (κ3) is 10.1. The van der Waals surface area contributed by atoms with Crippen LogP contribution in [0.5, 0.6) is 0 Å². The summed E-state index contributed by atoms with van der Waals surface area (Å²) in [5.74, 6) is -2.25. The fourth-order valence-corrected chi connectivity index (χ4v) is 3.54. The Morgan fingerprint density at radius 3 is 2.23 bits per heavy atom. The Balaban J connectivity index is 3.73. The molecule has 194 valence electrons. The zero-order valence-corrected chi connectivity index (χ0v) is 23.7. The average molecular weight is 484 g/mol. The first-order valence-electron chi connectivity index (χ1n) is 13.1. The molecule has 35 heavy (non-hydrogen) atoms. The van der Waals surface area contributed by atoms with Gasteiger partial charge in [-0.15, -0.1) is 0 Å². The number of hydrogen-bond donors (Lipinski definition) is 0. The Labute approximate surface area is 213 Å². The van der Waals surface area contributed by atoms with Crippen LogP contribution in [0.2, 0.25) is 0 Å². The second-order valence-corrected chi connectivity index (χ2v) is 10.4. The predicted octanol–water partition coefficient (Wildman–Crippen LogP) is 10.4. The van der Waals surface area contributed by atoms with Gasteiger partial charge in [-0.25, -0.2) is 8.78 Å². The lowest BCUT2D eigenvalue weighted by Crippen LogP contribution is -2.14. The molecule has 0 aliphatic rings. The summed E-state index contributed by atoms with van der Waals surface area (Å²) in [6.45, 7) is 19.5. The summed E-state index contributed by atoms with van der Waals surface area (Å²) in [7, 11) is 0. The Morgan fingerprint density at radius 2 is 1.71 bits per heavy atom. The Morgan fingerprint density at radius 1 is 1.06 bits per heavy atom. The van der Waals surface area contributed by atoms with Crippen LogP contribution in [0.1, 0.15) is 105 Å². The summed E-state index contributed by atoms with van der Waals surface area (Å²) in [4.78, 5) is 4.93. The number of aliphatic imine (C=N–C) groups is 1. The second-order valence-electron chi connectivity index (χ2n) is 10.4. The highest BCUT2D eigenvalue weighted by Crippen LogP contribution is 2.30. The molecule has 0 amide bonds. The third-order valence-corrected chi connectivity index (χ3v) is 6.76. The molecule has 0 aliphatic carbocycles. The topological polar surface area (TPSA) is 12.4 Å². The first kappa shape index (κ1) is 30.7. The van der Waals surface area contributed by atoms with Crippen LogP contribution in [0.15, 0.2) is 58.6 Å². The molecule has 0 radical (unpaired) electrons. The van der Waals surface area contributed by atoms with Gasteiger partial charge >= 0.3 is 0 Å². The summed E-state index contributed by atoms with van der Waals surface area (Å²) in [6.07, 6.45) is 14.1. The van der Waals surface area contributed by atoms with Crippen molar-refractivity contribution in [2.75, 3.05) is 0 Å². The first-order chi connectivity index (χ1) is 16.3. The van der Waals surface area contributed by atoms with Gasteiger partial charge in [0.15, 0.2) is 0 Å². The molecular formula is C32H47F2N. The van der Waals surface area contributed by atoms with E-state index < -0.39 is 5.92 Å². The minimum Gasteiger partial charge on any atom is -0.287 e. The number of hydrogen-bond acceptors (Lipinski definition) is 1. The summed E-state index contributed by atoms with van der Waals surface area (Å²) >= 11 is 0. The lowest BCUT2D eigenvalue weighted by atomic mass is 9.91. The molecule has 1 unspecified atom stereocenters. The van der Waals surface area contributed by atoms with Gasteiger partial charge in [-0.2, -0.15) is 0 Å². The van der Waals surface area contributed by atoms with Gasteiger partial charge in [-0.1, -0.05) is 64.0 Å². The molecule has 1 nitrogen and oxygen atoms in total. The largest absolute Gasteiger partial charge is 0.287 e. The van der Waals surface area contributed by atoms with Crippen LogP contribution in [0.4, 0.5) is 8.78 Å².